The zero-order valence-electron chi connectivity index (χ0n) is 10.1. The smallest absolute Gasteiger partial charge is 0.222 e. The SMILES string of the molecule is CCc1cccc(Nc2cc(C)nc(N)n2)c1. The van der Waals surface area contributed by atoms with E-state index in [0.717, 1.165) is 23.6 Å². The van der Waals surface area contributed by atoms with Crippen LogP contribution in [0, 0.1) is 6.92 Å². The number of hydrogen-bond donors (Lipinski definition) is 2. The summed E-state index contributed by atoms with van der Waals surface area (Å²) >= 11 is 0. The zero-order chi connectivity index (χ0) is 12.3. The summed E-state index contributed by atoms with van der Waals surface area (Å²) in [7, 11) is 0. The van der Waals surface area contributed by atoms with Crippen molar-refractivity contribution in [1.29, 1.82) is 0 Å². The molecule has 2 rings (SSSR count). The normalized spacial score (nSPS) is 10.2. The van der Waals surface area contributed by atoms with Gasteiger partial charge in [0.1, 0.15) is 5.82 Å². The molecule has 1 aromatic heterocycles. The summed E-state index contributed by atoms with van der Waals surface area (Å²) in [6.45, 7) is 4.03. The van der Waals surface area contributed by atoms with Gasteiger partial charge in [-0.15, -0.1) is 0 Å². The van der Waals surface area contributed by atoms with Crippen LogP contribution in [0.25, 0.3) is 0 Å². The molecule has 0 amide bonds. The predicted octanol–water partition coefficient (Wildman–Crippen LogP) is 2.67. The molecule has 0 atom stereocenters. The van der Waals surface area contributed by atoms with Crippen LogP contribution in [0.1, 0.15) is 18.2 Å². The summed E-state index contributed by atoms with van der Waals surface area (Å²) in [6, 6.07) is 10.1. The van der Waals surface area contributed by atoms with Gasteiger partial charge < -0.3 is 11.1 Å². The van der Waals surface area contributed by atoms with Crippen molar-refractivity contribution in [1.82, 2.24) is 9.97 Å². The van der Waals surface area contributed by atoms with Crippen molar-refractivity contribution in [3.8, 4) is 0 Å². The Balaban J connectivity index is 2.24. The van der Waals surface area contributed by atoms with Crippen LogP contribution in [-0.4, -0.2) is 9.97 Å². The van der Waals surface area contributed by atoms with Crippen molar-refractivity contribution < 1.29 is 0 Å². The Morgan fingerprint density at radius 2 is 2.06 bits per heavy atom. The summed E-state index contributed by atoms with van der Waals surface area (Å²) in [5.74, 6) is 1.02. The molecule has 0 fully saturated rings. The molecule has 0 bridgehead atoms. The van der Waals surface area contributed by atoms with Crippen LogP contribution in [0.15, 0.2) is 30.3 Å². The van der Waals surface area contributed by atoms with E-state index in [-0.39, 0.29) is 0 Å². The molecule has 0 aliphatic heterocycles. The molecule has 0 aliphatic carbocycles. The fourth-order valence-corrected chi connectivity index (χ4v) is 1.67. The van der Waals surface area contributed by atoms with Gasteiger partial charge in [-0.2, -0.15) is 4.98 Å². The number of nitrogens with zero attached hydrogens (tertiary/aromatic N) is 2. The summed E-state index contributed by atoms with van der Waals surface area (Å²) in [4.78, 5) is 8.18. The van der Waals surface area contributed by atoms with Gasteiger partial charge in [0.05, 0.1) is 0 Å². The van der Waals surface area contributed by atoms with Gasteiger partial charge in [-0.05, 0) is 31.0 Å². The van der Waals surface area contributed by atoms with Gasteiger partial charge in [-0.3, -0.25) is 0 Å². The molecule has 17 heavy (non-hydrogen) atoms. The fraction of sp³-hybridized carbons (Fsp3) is 0.231. The minimum atomic E-state index is 0.291. The van der Waals surface area contributed by atoms with Crippen LogP contribution in [-0.2, 0) is 6.42 Å². The lowest BCUT2D eigenvalue weighted by atomic mass is 10.1. The molecule has 4 nitrogen and oxygen atoms in total. The Morgan fingerprint density at radius 3 is 2.76 bits per heavy atom. The van der Waals surface area contributed by atoms with E-state index in [4.69, 9.17) is 5.73 Å². The first-order valence-electron chi connectivity index (χ1n) is 5.64. The highest BCUT2D eigenvalue weighted by atomic mass is 15.1. The van der Waals surface area contributed by atoms with Gasteiger partial charge in [-0.25, -0.2) is 4.98 Å². The standard InChI is InChI=1S/C13H16N4/c1-3-10-5-4-6-11(8-10)16-12-7-9(2)15-13(14)17-12/h4-8H,3H2,1-2H3,(H3,14,15,16,17). The monoisotopic (exact) mass is 228 g/mol. The minimum absolute atomic E-state index is 0.291. The summed E-state index contributed by atoms with van der Waals surface area (Å²) in [5.41, 5.74) is 8.76. The van der Waals surface area contributed by atoms with Crippen LogP contribution in [0.5, 0.6) is 0 Å². The molecule has 3 N–H and O–H groups in total. The number of nitrogen functional groups attached to an aromatic ring is 1. The Labute approximate surface area is 101 Å². The molecule has 0 aliphatic rings. The molecule has 0 radical (unpaired) electrons. The van der Waals surface area contributed by atoms with Crippen LogP contribution in [0.4, 0.5) is 17.5 Å². The number of aromatic nitrogens is 2. The largest absolute Gasteiger partial charge is 0.368 e. The molecule has 88 valence electrons. The van der Waals surface area contributed by atoms with E-state index in [1.165, 1.54) is 5.56 Å². The highest BCUT2D eigenvalue weighted by molar-refractivity contribution is 5.58. The van der Waals surface area contributed by atoms with Crippen molar-refractivity contribution in [3.63, 3.8) is 0 Å². The highest BCUT2D eigenvalue weighted by Crippen LogP contribution is 2.17. The quantitative estimate of drug-likeness (QED) is 0.847. The lowest BCUT2D eigenvalue weighted by molar-refractivity contribution is 1.12. The highest BCUT2D eigenvalue weighted by Gasteiger charge is 2.00. The third-order valence-electron chi connectivity index (χ3n) is 2.48. The van der Waals surface area contributed by atoms with Gasteiger partial charge in [0.25, 0.3) is 0 Å². The minimum Gasteiger partial charge on any atom is -0.368 e. The molecule has 0 saturated carbocycles. The molecule has 1 aromatic carbocycles. The lowest BCUT2D eigenvalue weighted by Gasteiger charge is -2.08. The van der Waals surface area contributed by atoms with Crippen molar-refractivity contribution in [2.45, 2.75) is 20.3 Å². The van der Waals surface area contributed by atoms with E-state index in [1.54, 1.807) is 0 Å². The molecule has 0 saturated heterocycles. The number of rotatable bonds is 3. The van der Waals surface area contributed by atoms with Crippen molar-refractivity contribution >= 4 is 17.5 Å². The lowest BCUT2D eigenvalue weighted by Crippen LogP contribution is -2.01. The second-order valence-electron chi connectivity index (χ2n) is 3.93. The van der Waals surface area contributed by atoms with Gasteiger partial charge in [-0.1, -0.05) is 19.1 Å². The average Bonchev–Trinajstić information content (AvgIpc) is 2.28. The molecular weight excluding hydrogens is 212 g/mol. The Morgan fingerprint density at radius 1 is 1.24 bits per heavy atom. The Hall–Kier alpha value is -2.10. The second kappa shape index (κ2) is 4.82. The first-order valence-corrected chi connectivity index (χ1v) is 5.64. The second-order valence-corrected chi connectivity index (χ2v) is 3.93. The first kappa shape index (κ1) is 11.4. The van der Waals surface area contributed by atoms with Crippen molar-refractivity contribution in [3.05, 3.63) is 41.6 Å². The van der Waals surface area contributed by atoms with Crippen LogP contribution < -0.4 is 11.1 Å². The van der Waals surface area contributed by atoms with Gasteiger partial charge >= 0.3 is 0 Å². The summed E-state index contributed by atoms with van der Waals surface area (Å²) < 4.78 is 0. The number of benzene rings is 1. The van der Waals surface area contributed by atoms with Crippen LogP contribution >= 0.6 is 0 Å². The summed E-state index contributed by atoms with van der Waals surface area (Å²) in [6.07, 6.45) is 1.01. The average molecular weight is 228 g/mol. The number of hydrogen-bond acceptors (Lipinski definition) is 4. The number of nitrogens with one attached hydrogen (secondary N) is 1. The Kier molecular flexibility index (Phi) is 3.23. The van der Waals surface area contributed by atoms with Gasteiger partial charge in [0.2, 0.25) is 5.95 Å². The van der Waals surface area contributed by atoms with Crippen LogP contribution in [0.2, 0.25) is 0 Å². The molecule has 0 spiro atoms. The van der Waals surface area contributed by atoms with Gasteiger partial charge in [0, 0.05) is 17.4 Å². The van der Waals surface area contributed by atoms with E-state index in [2.05, 4.69) is 34.3 Å². The van der Waals surface area contributed by atoms with E-state index < -0.39 is 0 Å². The molecular formula is C13H16N4. The zero-order valence-corrected chi connectivity index (χ0v) is 10.1. The maximum Gasteiger partial charge on any atom is 0.222 e. The van der Waals surface area contributed by atoms with Crippen molar-refractivity contribution in [2.24, 2.45) is 0 Å². The van der Waals surface area contributed by atoms with Gasteiger partial charge in [0.15, 0.2) is 0 Å². The molecule has 1 heterocycles. The summed E-state index contributed by atoms with van der Waals surface area (Å²) in [5, 5.41) is 3.23. The fourth-order valence-electron chi connectivity index (χ4n) is 1.67. The first-order chi connectivity index (χ1) is 8.17. The molecule has 4 heteroatoms. The van der Waals surface area contributed by atoms with Crippen LogP contribution in [0.3, 0.4) is 0 Å². The topological polar surface area (TPSA) is 63.8 Å². The molecule has 2 aromatic rings. The van der Waals surface area contributed by atoms with Crippen molar-refractivity contribution in [2.75, 3.05) is 11.1 Å². The Bertz CT molecular complexity index is 502. The number of anilines is 3. The van der Waals surface area contributed by atoms with E-state index >= 15 is 0 Å². The molecule has 0 unspecified atom stereocenters. The third-order valence-corrected chi connectivity index (χ3v) is 2.48. The van der Waals surface area contributed by atoms with E-state index in [0.29, 0.717) is 5.95 Å². The number of nitrogens with two attached hydrogens (primary N) is 1. The third kappa shape index (κ3) is 2.93. The maximum atomic E-state index is 5.61. The van der Waals surface area contributed by atoms with E-state index in [9.17, 15) is 0 Å². The predicted molar refractivity (Wildman–Crippen MR) is 70.3 cm³/mol. The van der Waals surface area contributed by atoms with E-state index in [1.807, 2.05) is 25.1 Å². The number of aryl methyl sites for hydroxylation is 2. The maximum absolute atomic E-state index is 5.61.